The van der Waals surface area contributed by atoms with Crippen molar-refractivity contribution in [3.8, 4) is 11.4 Å². The zero-order valence-corrected chi connectivity index (χ0v) is 30.6. The van der Waals surface area contributed by atoms with Crippen LogP contribution in [-0.4, -0.2) is 29.8 Å². The molecule has 7 nitrogen and oxygen atoms in total. The van der Waals surface area contributed by atoms with Gasteiger partial charge in [0.15, 0.2) is 5.82 Å². The van der Waals surface area contributed by atoms with Crippen LogP contribution in [0.3, 0.4) is 0 Å². The van der Waals surface area contributed by atoms with E-state index >= 15 is 0 Å². The molecule has 0 fully saturated rings. The standard InChI is InChI=1S/C47H40N6O/c1-5-18-42-48-45-31(2)19-17-28-40(45)52(42)37-29-32(3)43-41(30-37)54-33(4)38-26-15-16-27-39(38)44(43)46-49-50-51-53(46)47(34-20-9-6-10-21-34,35-22-11-7-12-23-35)36-24-13-8-14-25-36/h6-17,19-30,44H,4-5,18H2,1-3H3. The molecule has 2 aromatic heterocycles. The van der Waals surface area contributed by atoms with Gasteiger partial charge in [-0.2, -0.15) is 0 Å². The Morgan fingerprint density at radius 1 is 0.722 bits per heavy atom. The summed E-state index contributed by atoms with van der Waals surface area (Å²) >= 11 is 0. The van der Waals surface area contributed by atoms with Crippen molar-refractivity contribution in [2.75, 3.05) is 0 Å². The van der Waals surface area contributed by atoms with Crippen LogP contribution in [0, 0.1) is 13.8 Å². The molecule has 9 rings (SSSR count). The van der Waals surface area contributed by atoms with Crippen LogP contribution in [0.15, 0.2) is 152 Å². The molecule has 0 amide bonds. The van der Waals surface area contributed by atoms with Gasteiger partial charge in [-0.05, 0) is 76.2 Å². The van der Waals surface area contributed by atoms with Gasteiger partial charge in [-0.15, -0.1) is 5.10 Å². The number of ether oxygens (including phenoxy) is 1. The second-order valence-corrected chi connectivity index (χ2v) is 14.0. The van der Waals surface area contributed by atoms with Crippen LogP contribution in [0.1, 0.15) is 75.4 Å². The van der Waals surface area contributed by atoms with Gasteiger partial charge < -0.3 is 4.74 Å². The van der Waals surface area contributed by atoms with Gasteiger partial charge >= 0.3 is 0 Å². The van der Waals surface area contributed by atoms with E-state index in [1.165, 1.54) is 0 Å². The van der Waals surface area contributed by atoms with Gasteiger partial charge in [0.1, 0.15) is 22.9 Å². The van der Waals surface area contributed by atoms with Gasteiger partial charge in [-0.25, -0.2) is 9.67 Å². The molecule has 0 bridgehead atoms. The van der Waals surface area contributed by atoms with Crippen LogP contribution in [0.2, 0.25) is 0 Å². The highest BCUT2D eigenvalue weighted by molar-refractivity contribution is 5.82. The number of fused-ring (bicyclic) bond motifs is 3. The maximum absolute atomic E-state index is 6.84. The SMILES string of the molecule is C=C1Oc2cc(-n3c(CCC)nc4c(C)cccc43)cc(C)c2C(c2nnnn2C(c2ccccc2)(c2ccccc2)c2ccccc2)c2ccccc21. The summed E-state index contributed by atoms with van der Waals surface area (Å²) in [6.45, 7) is 10.9. The van der Waals surface area contributed by atoms with E-state index in [4.69, 9.17) is 20.0 Å². The first kappa shape index (κ1) is 33.3. The van der Waals surface area contributed by atoms with Gasteiger partial charge in [0, 0.05) is 23.6 Å². The predicted molar refractivity (Wildman–Crippen MR) is 214 cm³/mol. The fourth-order valence-electron chi connectivity index (χ4n) is 8.43. The Balaban J connectivity index is 1.35. The molecule has 1 aliphatic heterocycles. The zero-order valence-electron chi connectivity index (χ0n) is 30.6. The monoisotopic (exact) mass is 704 g/mol. The van der Waals surface area contributed by atoms with E-state index < -0.39 is 11.5 Å². The lowest BCUT2D eigenvalue weighted by Gasteiger charge is -2.37. The first-order valence-electron chi connectivity index (χ1n) is 18.5. The van der Waals surface area contributed by atoms with E-state index in [2.05, 4.69) is 158 Å². The fourth-order valence-corrected chi connectivity index (χ4v) is 8.43. The number of rotatable bonds is 8. The van der Waals surface area contributed by atoms with E-state index in [1.54, 1.807) is 0 Å². The summed E-state index contributed by atoms with van der Waals surface area (Å²) in [5.41, 5.74) is 10.4. The molecule has 1 aliphatic rings. The molecule has 3 heterocycles. The highest BCUT2D eigenvalue weighted by Gasteiger charge is 2.44. The molecule has 54 heavy (non-hydrogen) atoms. The van der Waals surface area contributed by atoms with E-state index in [9.17, 15) is 0 Å². The molecule has 1 unspecified atom stereocenters. The molecule has 7 heteroatoms. The Kier molecular flexibility index (Phi) is 8.27. The van der Waals surface area contributed by atoms with Crippen molar-refractivity contribution in [1.82, 2.24) is 29.8 Å². The van der Waals surface area contributed by atoms with Crippen molar-refractivity contribution < 1.29 is 4.74 Å². The number of hydrogen-bond donors (Lipinski definition) is 0. The fraction of sp³-hybridized carbons (Fsp3) is 0.149. The summed E-state index contributed by atoms with van der Waals surface area (Å²) in [5.74, 6) is 2.59. The number of aryl methyl sites for hydroxylation is 3. The summed E-state index contributed by atoms with van der Waals surface area (Å²) in [4.78, 5) is 5.14. The lowest BCUT2D eigenvalue weighted by molar-refractivity contribution is 0.427. The average Bonchev–Trinajstić information content (AvgIpc) is 3.81. The molecular weight excluding hydrogens is 665 g/mol. The van der Waals surface area contributed by atoms with Crippen LogP contribution >= 0.6 is 0 Å². The largest absolute Gasteiger partial charge is 0.457 e. The number of tetrazole rings is 1. The predicted octanol–water partition coefficient (Wildman–Crippen LogP) is 9.96. The van der Waals surface area contributed by atoms with Gasteiger partial charge in [0.05, 0.1) is 22.6 Å². The third kappa shape index (κ3) is 5.18. The first-order valence-corrected chi connectivity index (χ1v) is 18.5. The van der Waals surface area contributed by atoms with Crippen molar-refractivity contribution in [3.05, 3.63) is 208 Å². The lowest BCUT2D eigenvalue weighted by Crippen LogP contribution is -2.40. The van der Waals surface area contributed by atoms with E-state index in [1.807, 2.05) is 28.9 Å². The van der Waals surface area contributed by atoms with Crippen molar-refractivity contribution in [2.45, 2.75) is 45.1 Å². The molecule has 1 atom stereocenters. The van der Waals surface area contributed by atoms with Crippen LogP contribution < -0.4 is 4.74 Å². The summed E-state index contributed by atoms with van der Waals surface area (Å²) in [5, 5.41) is 14.4. The minimum Gasteiger partial charge on any atom is -0.457 e. The highest BCUT2D eigenvalue weighted by Crippen LogP contribution is 2.49. The Labute approximate surface area is 315 Å². The Hall–Kier alpha value is -6.60. The highest BCUT2D eigenvalue weighted by atomic mass is 16.5. The van der Waals surface area contributed by atoms with Gasteiger partial charge in [0.2, 0.25) is 0 Å². The molecule has 0 aliphatic carbocycles. The Morgan fingerprint density at radius 3 is 2.00 bits per heavy atom. The normalized spacial score (nSPS) is 14.0. The lowest BCUT2D eigenvalue weighted by atomic mass is 9.76. The third-order valence-electron chi connectivity index (χ3n) is 10.8. The maximum Gasteiger partial charge on any atom is 0.165 e. The second kappa shape index (κ2) is 13.4. The van der Waals surface area contributed by atoms with Crippen LogP contribution in [0.4, 0.5) is 0 Å². The summed E-state index contributed by atoms with van der Waals surface area (Å²) in [6.07, 6.45) is 1.83. The van der Waals surface area contributed by atoms with E-state index in [0.29, 0.717) is 17.3 Å². The molecule has 6 aromatic carbocycles. The average molecular weight is 705 g/mol. The quantitative estimate of drug-likeness (QED) is 0.147. The Morgan fingerprint density at radius 2 is 1.35 bits per heavy atom. The first-order chi connectivity index (χ1) is 26.5. The topological polar surface area (TPSA) is 70.7 Å². The smallest absolute Gasteiger partial charge is 0.165 e. The van der Waals surface area contributed by atoms with Crippen molar-refractivity contribution in [1.29, 1.82) is 0 Å². The summed E-state index contributed by atoms with van der Waals surface area (Å²) in [6, 6.07) is 50.7. The van der Waals surface area contributed by atoms with Crippen molar-refractivity contribution >= 4 is 16.8 Å². The molecule has 0 radical (unpaired) electrons. The summed E-state index contributed by atoms with van der Waals surface area (Å²) in [7, 11) is 0. The van der Waals surface area contributed by atoms with Gasteiger partial charge in [-0.3, -0.25) is 4.57 Å². The molecular formula is C47H40N6O. The number of aromatic nitrogens is 6. The molecule has 0 saturated carbocycles. The molecule has 8 aromatic rings. The molecule has 0 spiro atoms. The van der Waals surface area contributed by atoms with E-state index in [0.717, 1.165) is 79.9 Å². The third-order valence-corrected chi connectivity index (χ3v) is 10.8. The number of benzene rings is 6. The Bertz CT molecular complexity index is 2550. The zero-order chi connectivity index (χ0) is 36.8. The van der Waals surface area contributed by atoms with Crippen LogP contribution in [-0.2, 0) is 12.0 Å². The molecule has 264 valence electrons. The summed E-state index contributed by atoms with van der Waals surface area (Å²) < 4.78 is 11.2. The van der Waals surface area contributed by atoms with E-state index in [-0.39, 0.29) is 0 Å². The van der Waals surface area contributed by atoms with Gasteiger partial charge in [-0.1, -0.05) is 141 Å². The second-order valence-electron chi connectivity index (χ2n) is 14.0. The number of imidazole rings is 1. The molecule has 0 N–H and O–H groups in total. The minimum atomic E-state index is -0.918. The maximum atomic E-state index is 6.84. The van der Waals surface area contributed by atoms with Crippen molar-refractivity contribution in [2.24, 2.45) is 0 Å². The van der Waals surface area contributed by atoms with Crippen LogP contribution in [0.5, 0.6) is 5.75 Å². The van der Waals surface area contributed by atoms with Gasteiger partial charge in [0.25, 0.3) is 0 Å². The number of hydrogen-bond acceptors (Lipinski definition) is 5. The number of nitrogens with zero attached hydrogens (tertiary/aromatic N) is 6. The molecule has 0 saturated heterocycles. The minimum absolute atomic E-state index is 0.410. The van der Waals surface area contributed by atoms with Crippen molar-refractivity contribution in [3.63, 3.8) is 0 Å². The number of para-hydroxylation sites is 1. The van der Waals surface area contributed by atoms with Crippen LogP contribution in [0.25, 0.3) is 22.5 Å².